The Hall–Kier alpha value is -4.01. The van der Waals surface area contributed by atoms with Crippen LogP contribution in [0.3, 0.4) is 0 Å². The van der Waals surface area contributed by atoms with Gasteiger partial charge in [0.05, 0.1) is 13.3 Å². The van der Waals surface area contributed by atoms with Crippen molar-refractivity contribution < 1.29 is 23.8 Å². The van der Waals surface area contributed by atoms with E-state index in [0.717, 1.165) is 0 Å². The van der Waals surface area contributed by atoms with E-state index in [1.807, 2.05) is 0 Å². The van der Waals surface area contributed by atoms with Gasteiger partial charge in [0.1, 0.15) is 12.4 Å². The average Bonchev–Trinajstić information content (AvgIpc) is 2.94. The summed E-state index contributed by atoms with van der Waals surface area (Å²) in [5, 5.41) is 15.6. The number of hydrogen-bond donors (Lipinski definition) is 2. The molecule has 0 aliphatic carbocycles. The lowest BCUT2D eigenvalue weighted by Crippen LogP contribution is -2.43. The van der Waals surface area contributed by atoms with Gasteiger partial charge in [-0.1, -0.05) is 78.9 Å². The van der Waals surface area contributed by atoms with Crippen LogP contribution < -0.4 is 14.9 Å². The molecule has 0 radical (unpaired) electrons. The quantitative estimate of drug-likeness (QED) is 0.207. The lowest BCUT2D eigenvalue weighted by molar-refractivity contribution is -0.136. The van der Waals surface area contributed by atoms with Crippen molar-refractivity contribution in [2.24, 2.45) is 5.10 Å². The van der Waals surface area contributed by atoms with Gasteiger partial charge in [0.15, 0.2) is 17.1 Å². The number of carbonyl (C=O) groups excluding carboxylic acids is 1. The number of rotatable bonds is 9. The Morgan fingerprint density at radius 3 is 2.16 bits per heavy atom. The zero-order valence-electron chi connectivity index (χ0n) is 19.9. The van der Waals surface area contributed by atoms with Gasteiger partial charge in [-0.15, -0.1) is 0 Å². The highest BCUT2D eigenvalue weighted by atomic mass is 79.9. The first-order valence-electron chi connectivity index (χ1n) is 11.3. The molecule has 0 aromatic heterocycles. The van der Waals surface area contributed by atoms with Crippen molar-refractivity contribution in [3.05, 3.63) is 130 Å². The van der Waals surface area contributed by atoms with Gasteiger partial charge in [0.25, 0.3) is 5.91 Å². The molecule has 0 unspecified atom stereocenters. The Morgan fingerprint density at radius 1 is 0.973 bits per heavy atom. The zero-order valence-corrected chi connectivity index (χ0v) is 21.5. The maximum Gasteiger partial charge on any atom is 0.281 e. The van der Waals surface area contributed by atoms with Gasteiger partial charge in [-0.3, -0.25) is 4.79 Å². The van der Waals surface area contributed by atoms with Crippen LogP contribution in [-0.2, 0) is 17.0 Å². The molecule has 2 N–H and O–H groups in total. The van der Waals surface area contributed by atoms with Gasteiger partial charge in [-0.05, 0) is 45.3 Å². The molecule has 0 heterocycles. The third-order valence-electron chi connectivity index (χ3n) is 5.71. The van der Waals surface area contributed by atoms with Gasteiger partial charge in [-0.25, -0.2) is 9.82 Å². The number of benzene rings is 4. The predicted molar refractivity (Wildman–Crippen MR) is 143 cm³/mol. The summed E-state index contributed by atoms with van der Waals surface area (Å²) in [5.74, 6) is -0.265. The summed E-state index contributed by atoms with van der Waals surface area (Å²) in [6, 6.07) is 27.0. The molecule has 0 saturated heterocycles. The number of hydrazone groups is 1. The van der Waals surface area contributed by atoms with E-state index in [9.17, 15) is 14.3 Å². The van der Waals surface area contributed by atoms with Gasteiger partial charge in [-0.2, -0.15) is 5.10 Å². The maximum absolute atomic E-state index is 13.9. The molecule has 8 heteroatoms. The first-order chi connectivity index (χ1) is 17.9. The Kier molecular flexibility index (Phi) is 8.32. The molecule has 4 aromatic rings. The second-order valence-corrected chi connectivity index (χ2v) is 8.90. The van der Waals surface area contributed by atoms with E-state index in [1.54, 1.807) is 91.0 Å². The fraction of sp³-hybridized carbons (Fsp3) is 0.103. The van der Waals surface area contributed by atoms with E-state index in [-0.39, 0.29) is 12.4 Å². The van der Waals surface area contributed by atoms with Crippen LogP contribution in [0, 0.1) is 5.82 Å². The molecule has 0 atom stereocenters. The summed E-state index contributed by atoms with van der Waals surface area (Å²) in [6.45, 7) is 0.0243. The number of halogens is 2. The molecule has 4 rings (SSSR count). The van der Waals surface area contributed by atoms with Crippen molar-refractivity contribution in [3.63, 3.8) is 0 Å². The van der Waals surface area contributed by atoms with Crippen LogP contribution in [0.25, 0.3) is 0 Å². The second-order valence-electron chi connectivity index (χ2n) is 8.05. The first kappa shape index (κ1) is 26.1. The van der Waals surface area contributed by atoms with Crippen LogP contribution in [0.1, 0.15) is 22.3 Å². The molecule has 6 nitrogen and oxygen atoms in total. The first-order valence-corrected chi connectivity index (χ1v) is 12.1. The van der Waals surface area contributed by atoms with Crippen molar-refractivity contribution in [3.8, 4) is 11.5 Å². The van der Waals surface area contributed by atoms with Crippen molar-refractivity contribution in [1.29, 1.82) is 0 Å². The standard InChI is InChI=1S/C29H24BrFN2O4/c1-36-26-16-21(24(30)17-27(26)37-19-20-10-8-9-15-25(20)31)18-32-33-28(34)29(35,22-11-4-2-5-12-22)23-13-6-3-7-14-23/h2-18,35H,19H2,1H3,(H,33,34)/b32-18-. The molecule has 37 heavy (non-hydrogen) atoms. The molecule has 0 aliphatic heterocycles. The SMILES string of the molecule is COc1cc(/C=N\NC(=O)C(O)(c2ccccc2)c2ccccc2)c(Br)cc1OCc1ccccc1F. The number of ether oxygens (including phenoxy) is 2. The third-order valence-corrected chi connectivity index (χ3v) is 6.39. The normalized spacial score (nSPS) is 11.4. The average molecular weight is 563 g/mol. The Morgan fingerprint density at radius 2 is 1.57 bits per heavy atom. The minimum absolute atomic E-state index is 0.0243. The van der Waals surface area contributed by atoms with Crippen LogP contribution in [0.2, 0.25) is 0 Å². The summed E-state index contributed by atoms with van der Waals surface area (Å²) in [6.07, 6.45) is 1.42. The van der Waals surface area contributed by atoms with Gasteiger partial charge in [0.2, 0.25) is 0 Å². The number of carbonyl (C=O) groups is 1. The maximum atomic E-state index is 13.9. The molecule has 0 saturated carbocycles. The summed E-state index contributed by atoms with van der Waals surface area (Å²) < 4.78 is 25.7. The molecule has 4 aromatic carbocycles. The summed E-state index contributed by atoms with van der Waals surface area (Å²) in [4.78, 5) is 13.2. The summed E-state index contributed by atoms with van der Waals surface area (Å²) in [5.41, 5.74) is 2.32. The molecule has 0 aliphatic rings. The van der Waals surface area contributed by atoms with Crippen LogP contribution in [0.4, 0.5) is 4.39 Å². The van der Waals surface area contributed by atoms with E-state index in [2.05, 4.69) is 26.5 Å². The molecular formula is C29H24BrFN2O4. The van der Waals surface area contributed by atoms with Crippen molar-refractivity contribution in [1.82, 2.24) is 5.43 Å². The molecule has 0 fully saturated rings. The summed E-state index contributed by atoms with van der Waals surface area (Å²) in [7, 11) is 1.49. The molecule has 188 valence electrons. The zero-order chi connectivity index (χ0) is 26.3. The van der Waals surface area contributed by atoms with E-state index in [0.29, 0.717) is 38.2 Å². The topological polar surface area (TPSA) is 80.2 Å². The molecule has 0 spiro atoms. The molecule has 1 amide bonds. The van der Waals surface area contributed by atoms with Crippen molar-refractivity contribution in [2.75, 3.05) is 7.11 Å². The smallest absolute Gasteiger partial charge is 0.281 e. The highest BCUT2D eigenvalue weighted by molar-refractivity contribution is 9.10. The molecular weight excluding hydrogens is 539 g/mol. The fourth-order valence-corrected chi connectivity index (χ4v) is 4.15. The Labute approximate surface area is 222 Å². The van der Waals surface area contributed by atoms with Gasteiger partial charge < -0.3 is 14.6 Å². The number of hydrogen-bond acceptors (Lipinski definition) is 5. The monoisotopic (exact) mass is 562 g/mol. The van der Waals surface area contributed by atoms with Crippen LogP contribution in [0.5, 0.6) is 11.5 Å². The third kappa shape index (κ3) is 5.87. The number of nitrogens with one attached hydrogen (secondary N) is 1. The Balaban J connectivity index is 1.53. The number of methoxy groups -OCH3 is 1. The van der Waals surface area contributed by atoms with E-state index >= 15 is 0 Å². The van der Waals surface area contributed by atoms with E-state index in [4.69, 9.17) is 9.47 Å². The lowest BCUT2D eigenvalue weighted by atomic mass is 9.85. The van der Waals surface area contributed by atoms with Crippen LogP contribution >= 0.6 is 15.9 Å². The minimum Gasteiger partial charge on any atom is -0.493 e. The second kappa shape index (κ2) is 11.8. The predicted octanol–water partition coefficient (Wildman–Crippen LogP) is 5.56. The minimum atomic E-state index is -1.95. The van der Waals surface area contributed by atoms with Crippen LogP contribution in [0.15, 0.2) is 107 Å². The van der Waals surface area contributed by atoms with E-state index in [1.165, 1.54) is 19.4 Å². The number of nitrogens with zero attached hydrogens (tertiary/aromatic N) is 1. The van der Waals surface area contributed by atoms with Crippen molar-refractivity contribution >= 4 is 28.1 Å². The highest BCUT2D eigenvalue weighted by Crippen LogP contribution is 2.34. The largest absolute Gasteiger partial charge is 0.493 e. The molecule has 0 bridgehead atoms. The number of amides is 1. The Bertz CT molecular complexity index is 1360. The summed E-state index contributed by atoms with van der Waals surface area (Å²) >= 11 is 3.47. The fourth-order valence-electron chi connectivity index (χ4n) is 3.72. The van der Waals surface area contributed by atoms with Crippen molar-refractivity contribution in [2.45, 2.75) is 12.2 Å². The number of aliphatic hydroxyl groups is 1. The van der Waals surface area contributed by atoms with Crippen LogP contribution in [-0.4, -0.2) is 24.3 Å². The lowest BCUT2D eigenvalue weighted by Gasteiger charge is -2.27. The van der Waals surface area contributed by atoms with Gasteiger partial charge >= 0.3 is 0 Å². The van der Waals surface area contributed by atoms with Gasteiger partial charge in [0, 0.05) is 15.6 Å². The van der Waals surface area contributed by atoms with E-state index < -0.39 is 11.5 Å². The highest BCUT2D eigenvalue weighted by Gasteiger charge is 2.39.